The fraction of sp³-hybridized carbons (Fsp3) is 0.944. The summed E-state index contributed by atoms with van der Waals surface area (Å²) < 4.78 is 5.37. The number of rotatable bonds is 3. The van der Waals surface area contributed by atoms with E-state index in [1.165, 1.54) is 32.4 Å². The molecule has 22 heavy (non-hydrogen) atoms. The lowest BCUT2D eigenvalue weighted by Crippen LogP contribution is -2.53. The Balaban J connectivity index is 0.000000847. The molecule has 2 heterocycles. The Morgan fingerprint density at radius 1 is 0.955 bits per heavy atom. The molecule has 1 amide bonds. The minimum Gasteiger partial charge on any atom is -0.381 e. The second-order valence-corrected chi connectivity index (χ2v) is 6.68. The van der Waals surface area contributed by atoms with Gasteiger partial charge in [-0.25, -0.2) is 0 Å². The minimum absolute atomic E-state index is 0.307. The van der Waals surface area contributed by atoms with Crippen molar-refractivity contribution >= 4 is 5.91 Å². The molecule has 0 aromatic heterocycles. The number of piperidine rings is 2. The molecule has 2 aliphatic heterocycles. The van der Waals surface area contributed by atoms with Crippen LogP contribution in [-0.4, -0.2) is 61.1 Å². The zero-order chi connectivity index (χ0) is 15.9. The van der Waals surface area contributed by atoms with Crippen molar-refractivity contribution in [2.45, 2.75) is 70.9 Å². The Morgan fingerprint density at radius 3 is 2.09 bits per heavy atom. The number of ether oxygens (including phenoxy) is 1. The quantitative estimate of drug-likeness (QED) is 0.803. The van der Waals surface area contributed by atoms with Gasteiger partial charge in [-0.05, 0) is 51.6 Å². The maximum atomic E-state index is 12.5. The van der Waals surface area contributed by atoms with E-state index in [9.17, 15) is 4.79 Å². The molecule has 128 valence electrons. The molecule has 2 saturated heterocycles. The normalized spacial score (nSPS) is 30.2. The van der Waals surface area contributed by atoms with Crippen molar-refractivity contribution in [2.75, 3.05) is 33.3 Å². The Morgan fingerprint density at radius 2 is 1.55 bits per heavy atom. The van der Waals surface area contributed by atoms with Crippen LogP contribution in [0.5, 0.6) is 0 Å². The van der Waals surface area contributed by atoms with Gasteiger partial charge in [0, 0.05) is 32.2 Å². The molecule has 0 radical (unpaired) electrons. The van der Waals surface area contributed by atoms with Gasteiger partial charge in [-0.2, -0.15) is 0 Å². The zero-order valence-corrected chi connectivity index (χ0v) is 14.7. The van der Waals surface area contributed by atoms with Crippen molar-refractivity contribution in [1.29, 1.82) is 0 Å². The van der Waals surface area contributed by atoms with Crippen LogP contribution in [0.15, 0.2) is 0 Å². The predicted octanol–water partition coefficient (Wildman–Crippen LogP) is 2.91. The first-order valence-corrected chi connectivity index (χ1v) is 9.33. The second-order valence-electron chi connectivity index (χ2n) is 6.68. The molecule has 0 aromatic carbocycles. The number of amides is 1. The van der Waals surface area contributed by atoms with Crippen molar-refractivity contribution in [3.63, 3.8) is 0 Å². The van der Waals surface area contributed by atoms with Gasteiger partial charge in [-0.1, -0.05) is 20.3 Å². The maximum Gasteiger partial charge on any atom is 0.225 e. The Bertz CT molecular complexity index is 328. The molecular weight excluding hydrogens is 276 g/mol. The van der Waals surface area contributed by atoms with Crippen molar-refractivity contribution < 1.29 is 9.53 Å². The molecule has 4 heteroatoms. The number of methoxy groups -OCH3 is 1. The average molecular weight is 310 g/mol. The molecule has 3 rings (SSSR count). The molecule has 1 aliphatic carbocycles. The van der Waals surface area contributed by atoms with Crippen LogP contribution in [0.3, 0.4) is 0 Å². The molecule has 3 fully saturated rings. The average Bonchev–Trinajstić information content (AvgIpc) is 2.56. The number of carbonyl (C=O) groups is 1. The minimum atomic E-state index is 0.307. The lowest BCUT2D eigenvalue weighted by molar-refractivity contribution is -0.143. The van der Waals surface area contributed by atoms with E-state index >= 15 is 0 Å². The third-order valence-corrected chi connectivity index (χ3v) is 5.46. The molecule has 0 bridgehead atoms. The highest BCUT2D eigenvalue weighted by molar-refractivity contribution is 5.80. The standard InChI is InChI=1S/C16H28N2O2.C2H6/c1-20-15-5-9-18(10-6-15)16(19)13-11-14(12-13)17-7-3-2-4-8-17;1-2/h13-15H,2-12H2,1H3;1-2H3. The topological polar surface area (TPSA) is 32.8 Å². The highest BCUT2D eigenvalue weighted by Gasteiger charge is 2.40. The maximum absolute atomic E-state index is 12.5. The van der Waals surface area contributed by atoms with Gasteiger partial charge in [0.05, 0.1) is 6.10 Å². The van der Waals surface area contributed by atoms with E-state index in [-0.39, 0.29) is 0 Å². The van der Waals surface area contributed by atoms with Crippen molar-refractivity contribution in [2.24, 2.45) is 5.92 Å². The van der Waals surface area contributed by atoms with Gasteiger partial charge in [0.1, 0.15) is 0 Å². The summed E-state index contributed by atoms with van der Waals surface area (Å²) in [5.74, 6) is 0.717. The lowest BCUT2D eigenvalue weighted by atomic mass is 9.77. The van der Waals surface area contributed by atoms with Gasteiger partial charge in [0.15, 0.2) is 0 Å². The molecule has 3 aliphatic rings. The third-order valence-electron chi connectivity index (χ3n) is 5.46. The second kappa shape index (κ2) is 8.88. The van der Waals surface area contributed by atoms with Crippen LogP contribution in [0, 0.1) is 5.92 Å². The number of likely N-dealkylation sites (tertiary alicyclic amines) is 2. The number of hydrogen-bond donors (Lipinski definition) is 0. The van der Waals surface area contributed by atoms with Gasteiger partial charge in [-0.3, -0.25) is 4.79 Å². The highest BCUT2D eigenvalue weighted by atomic mass is 16.5. The first-order chi connectivity index (χ1) is 10.8. The van der Waals surface area contributed by atoms with E-state index in [0.717, 1.165) is 38.8 Å². The summed E-state index contributed by atoms with van der Waals surface area (Å²) in [6.45, 7) is 8.29. The Kier molecular flexibility index (Phi) is 7.16. The van der Waals surface area contributed by atoms with E-state index in [1.54, 1.807) is 7.11 Å². The van der Waals surface area contributed by atoms with Crippen LogP contribution in [0.4, 0.5) is 0 Å². The Labute approximate surface area is 136 Å². The summed E-state index contributed by atoms with van der Waals surface area (Å²) in [5, 5.41) is 0. The summed E-state index contributed by atoms with van der Waals surface area (Å²) in [7, 11) is 1.78. The fourth-order valence-corrected chi connectivity index (χ4v) is 3.94. The SMILES string of the molecule is CC.COC1CCN(C(=O)C2CC(N3CCCCC3)C2)CC1. The van der Waals surface area contributed by atoms with Crippen molar-refractivity contribution in [3.8, 4) is 0 Å². The van der Waals surface area contributed by atoms with Crippen LogP contribution in [-0.2, 0) is 9.53 Å². The largest absolute Gasteiger partial charge is 0.381 e. The molecule has 0 N–H and O–H groups in total. The number of nitrogens with zero attached hydrogens (tertiary/aromatic N) is 2. The van der Waals surface area contributed by atoms with E-state index in [2.05, 4.69) is 9.80 Å². The van der Waals surface area contributed by atoms with Crippen molar-refractivity contribution in [1.82, 2.24) is 9.80 Å². The smallest absolute Gasteiger partial charge is 0.225 e. The molecule has 0 aromatic rings. The van der Waals surface area contributed by atoms with Gasteiger partial charge < -0.3 is 14.5 Å². The van der Waals surface area contributed by atoms with Crippen LogP contribution in [0.2, 0.25) is 0 Å². The monoisotopic (exact) mass is 310 g/mol. The van der Waals surface area contributed by atoms with E-state index in [1.807, 2.05) is 13.8 Å². The van der Waals surface area contributed by atoms with Gasteiger partial charge in [0.25, 0.3) is 0 Å². The van der Waals surface area contributed by atoms with Crippen molar-refractivity contribution in [3.05, 3.63) is 0 Å². The molecular formula is C18H34N2O2. The molecule has 0 unspecified atom stereocenters. The number of carbonyl (C=O) groups excluding carboxylic acids is 1. The van der Waals surface area contributed by atoms with Crippen LogP contribution in [0.1, 0.15) is 58.8 Å². The van der Waals surface area contributed by atoms with Crippen LogP contribution < -0.4 is 0 Å². The van der Waals surface area contributed by atoms with Crippen LogP contribution in [0.25, 0.3) is 0 Å². The molecule has 4 nitrogen and oxygen atoms in total. The van der Waals surface area contributed by atoms with Gasteiger partial charge >= 0.3 is 0 Å². The number of hydrogen-bond acceptors (Lipinski definition) is 3. The predicted molar refractivity (Wildman–Crippen MR) is 89.9 cm³/mol. The fourth-order valence-electron chi connectivity index (χ4n) is 3.94. The summed E-state index contributed by atoms with van der Waals surface area (Å²) in [6, 6.07) is 0.695. The summed E-state index contributed by atoms with van der Waals surface area (Å²) in [5.41, 5.74) is 0. The van der Waals surface area contributed by atoms with Gasteiger partial charge in [0.2, 0.25) is 5.91 Å². The van der Waals surface area contributed by atoms with E-state index in [4.69, 9.17) is 4.74 Å². The lowest BCUT2D eigenvalue weighted by Gasteiger charge is -2.45. The summed E-state index contributed by atoms with van der Waals surface area (Å²) >= 11 is 0. The van der Waals surface area contributed by atoms with Crippen LogP contribution >= 0.6 is 0 Å². The van der Waals surface area contributed by atoms with E-state index in [0.29, 0.717) is 24.0 Å². The molecule has 0 atom stereocenters. The Hall–Kier alpha value is -0.610. The third kappa shape index (κ3) is 4.23. The first kappa shape index (κ1) is 17.7. The zero-order valence-electron chi connectivity index (χ0n) is 14.7. The van der Waals surface area contributed by atoms with Gasteiger partial charge in [-0.15, -0.1) is 0 Å². The highest BCUT2D eigenvalue weighted by Crippen LogP contribution is 2.35. The summed E-state index contributed by atoms with van der Waals surface area (Å²) in [4.78, 5) is 17.2. The summed E-state index contributed by atoms with van der Waals surface area (Å²) in [6.07, 6.45) is 8.65. The molecule has 1 saturated carbocycles. The van der Waals surface area contributed by atoms with E-state index < -0.39 is 0 Å². The first-order valence-electron chi connectivity index (χ1n) is 9.33. The molecule has 0 spiro atoms.